The van der Waals surface area contributed by atoms with E-state index in [9.17, 15) is 0 Å². The second kappa shape index (κ2) is 4.25. The van der Waals surface area contributed by atoms with Gasteiger partial charge in [0.2, 0.25) is 4.38 Å². The Morgan fingerprint density at radius 3 is 3.09 bits per heavy atom. The third-order valence-corrected chi connectivity index (χ3v) is 1.79. The summed E-state index contributed by atoms with van der Waals surface area (Å²) in [6.45, 7) is 4.83. The van der Waals surface area contributed by atoms with Crippen LogP contribution in [0.1, 0.15) is 6.92 Å². The van der Waals surface area contributed by atoms with Crippen molar-refractivity contribution in [3.05, 3.63) is 0 Å². The summed E-state index contributed by atoms with van der Waals surface area (Å²) in [4.78, 5) is 5.19. The second-order valence-corrected chi connectivity index (χ2v) is 3.63. The van der Waals surface area contributed by atoms with Gasteiger partial charge in [-0.15, -0.1) is 5.06 Å². The fraction of sp³-hybridized carbons (Fsp3) is 0.833. The number of hydrogen-bond acceptors (Lipinski definition) is 4. The Labute approximate surface area is 77.4 Å². The van der Waals surface area contributed by atoms with Crippen LogP contribution in [0.5, 0.6) is 0 Å². The minimum Gasteiger partial charge on any atom is -0.387 e. The van der Waals surface area contributed by atoms with Gasteiger partial charge in [-0.25, -0.2) is 0 Å². The first-order valence-electron chi connectivity index (χ1n) is 3.58. The van der Waals surface area contributed by atoms with Crippen LogP contribution in [0.15, 0.2) is 0 Å². The van der Waals surface area contributed by atoms with Crippen LogP contribution in [-0.2, 0) is 4.84 Å². The van der Waals surface area contributed by atoms with Crippen molar-refractivity contribution in [1.82, 2.24) is 10.4 Å². The van der Waals surface area contributed by atoms with E-state index >= 15 is 0 Å². The number of nitrogens with one attached hydrogen (secondary N) is 1. The molecule has 1 aliphatic rings. The maximum absolute atomic E-state index is 5.19. The summed E-state index contributed by atoms with van der Waals surface area (Å²) in [5.41, 5.74) is 0. The largest absolute Gasteiger partial charge is 0.387 e. The van der Waals surface area contributed by atoms with Crippen molar-refractivity contribution in [2.24, 2.45) is 0 Å². The first-order valence-corrected chi connectivity index (χ1v) is 4.44. The summed E-state index contributed by atoms with van der Waals surface area (Å²) >= 11 is 8.61. The number of thiol groups is 1. The number of rotatable bonds is 1. The minimum atomic E-state index is 0.291. The van der Waals surface area contributed by atoms with E-state index in [1.807, 2.05) is 5.06 Å². The van der Waals surface area contributed by atoms with Gasteiger partial charge in [-0.1, -0.05) is 12.6 Å². The van der Waals surface area contributed by atoms with Crippen molar-refractivity contribution in [2.45, 2.75) is 13.0 Å². The third-order valence-electron chi connectivity index (χ3n) is 1.64. The molecule has 3 nitrogen and oxygen atoms in total. The highest BCUT2D eigenvalue weighted by Gasteiger charge is 2.19. The molecule has 1 unspecified atom stereocenters. The SMILES string of the molecule is CC1CNCCN1OC(=S)S. The molecule has 1 rings (SSSR count). The zero-order valence-corrected chi connectivity index (χ0v) is 8.12. The molecule has 1 saturated heterocycles. The molecule has 11 heavy (non-hydrogen) atoms. The van der Waals surface area contributed by atoms with Gasteiger partial charge < -0.3 is 10.2 Å². The Kier molecular flexibility index (Phi) is 3.58. The molecule has 0 bridgehead atoms. The van der Waals surface area contributed by atoms with Crippen molar-refractivity contribution in [2.75, 3.05) is 19.6 Å². The van der Waals surface area contributed by atoms with Crippen molar-refractivity contribution in [1.29, 1.82) is 0 Å². The maximum atomic E-state index is 5.19. The van der Waals surface area contributed by atoms with Gasteiger partial charge in [0.25, 0.3) is 0 Å². The van der Waals surface area contributed by atoms with E-state index < -0.39 is 0 Å². The smallest absolute Gasteiger partial charge is 0.241 e. The van der Waals surface area contributed by atoms with Crippen LogP contribution < -0.4 is 5.32 Å². The summed E-state index contributed by atoms with van der Waals surface area (Å²) in [6.07, 6.45) is 0. The fourth-order valence-electron chi connectivity index (χ4n) is 1.06. The Bertz CT molecular complexity index is 154. The number of hydroxylamine groups is 2. The van der Waals surface area contributed by atoms with Crippen LogP contribution in [0, 0.1) is 0 Å². The van der Waals surface area contributed by atoms with E-state index in [-0.39, 0.29) is 0 Å². The minimum absolute atomic E-state index is 0.291. The molecule has 64 valence electrons. The molecule has 1 N–H and O–H groups in total. The van der Waals surface area contributed by atoms with Gasteiger partial charge in [0, 0.05) is 19.6 Å². The van der Waals surface area contributed by atoms with Crippen LogP contribution in [0.2, 0.25) is 0 Å². The molecule has 1 fully saturated rings. The quantitative estimate of drug-likeness (QED) is 0.465. The molecule has 1 heterocycles. The highest BCUT2D eigenvalue weighted by Crippen LogP contribution is 2.04. The van der Waals surface area contributed by atoms with Crippen LogP contribution in [-0.4, -0.2) is 35.1 Å². The van der Waals surface area contributed by atoms with E-state index in [2.05, 4.69) is 24.9 Å². The van der Waals surface area contributed by atoms with E-state index in [0.717, 1.165) is 19.6 Å². The lowest BCUT2D eigenvalue weighted by atomic mass is 10.3. The summed E-state index contributed by atoms with van der Waals surface area (Å²) < 4.78 is 0.291. The number of hydrogen-bond donors (Lipinski definition) is 2. The highest BCUT2D eigenvalue weighted by atomic mass is 32.1. The molecule has 0 aromatic carbocycles. The molecule has 0 radical (unpaired) electrons. The Morgan fingerprint density at radius 2 is 2.55 bits per heavy atom. The van der Waals surface area contributed by atoms with Crippen molar-refractivity contribution in [3.63, 3.8) is 0 Å². The molecule has 0 saturated carbocycles. The second-order valence-electron chi connectivity index (χ2n) is 2.55. The van der Waals surface area contributed by atoms with E-state index in [4.69, 9.17) is 17.1 Å². The monoisotopic (exact) mass is 192 g/mol. The van der Waals surface area contributed by atoms with Gasteiger partial charge >= 0.3 is 0 Å². The van der Waals surface area contributed by atoms with Gasteiger partial charge in [0.1, 0.15) is 0 Å². The maximum Gasteiger partial charge on any atom is 0.241 e. The average molecular weight is 192 g/mol. The molecule has 0 amide bonds. The molecular weight excluding hydrogens is 180 g/mol. The van der Waals surface area contributed by atoms with Crippen molar-refractivity contribution >= 4 is 29.2 Å². The predicted octanol–water partition coefficient (Wildman–Crippen LogP) is 0.426. The summed E-state index contributed by atoms with van der Waals surface area (Å²) in [7, 11) is 0. The zero-order valence-electron chi connectivity index (χ0n) is 6.41. The van der Waals surface area contributed by atoms with Gasteiger partial charge in [-0.05, 0) is 19.1 Å². The Balaban J connectivity index is 2.35. The first kappa shape index (κ1) is 9.25. The van der Waals surface area contributed by atoms with Gasteiger partial charge in [0.15, 0.2) is 0 Å². The van der Waals surface area contributed by atoms with E-state index in [1.165, 1.54) is 0 Å². The normalized spacial score (nSPS) is 26.5. The number of piperazine rings is 1. The summed E-state index contributed by atoms with van der Waals surface area (Å²) in [6, 6.07) is 0.369. The third kappa shape index (κ3) is 2.94. The van der Waals surface area contributed by atoms with Crippen molar-refractivity contribution in [3.8, 4) is 0 Å². The summed E-state index contributed by atoms with van der Waals surface area (Å²) in [5, 5.41) is 5.10. The average Bonchev–Trinajstić information content (AvgIpc) is 1.93. The highest BCUT2D eigenvalue weighted by molar-refractivity contribution is 8.10. The first-order chi connectivity index (χ1) is 5.20. The lowest BCUT2D eigenvalue weighted by Crippen LogP contribution is -2.49. The molecule has 0 aromatic heterocycles. The Hall–Kier alpha value is 0.160. The lowest BCUT2D eigenvalue weighted by molar-refractivity contribution is -0.107. The standard InChI is InChI=1S/C6H12N2OS2/c1-5-4-7-2-3-8(5)9-6(10)11/h5,7H,2-4H2,1H3,(H,10,11). The van der Waals surface area contributed by atoms with Crippen LogP contribution in [0.3, 0.4) is 0 Å². The van der Waals surface area contributed by atoms with E-state index in [0.29, 0.717) is 10.4 Å². The van der Waals surface area contributed by atoms with E-state index in [1.54, 1.807) is 0 Å². The van der Waals surface area contributed by atoms with Gasteiger partial charge in [0.05, 0.1) is 6.04 Å². The molecule has 0 aliphatic carbocycles. The molecule has 5 heteroatoms. The molecule has 1 aliphatic heterocycles. The summed E-state index contributed by atoms with van der Waals surface area (Å²) in [5.74, 6) is 0. The number of nitrogens with zero attached hydrogens (tertiary/aromatic N) is 1. The van der Waals surface area contributed by atoms with Gasteiger partial charge in [-0.2, -0.15) is 0 Å². The fourth-order valence-corrected chi connectivity index (χ4v) is 1.26. The van der Waals surface area contributed by atoms with Crippen LogP contribution in [0.25, 0.3) is 0 Å². The molecule has 0 spiro atoms. The Morgan fingerprint density at radius 1 is 1.82 bits per heavy atom. The van der Waals surface area contributed by atoms with Gasteiger partial charge in [-0.3, -0.25) is 0 Å². The van der Waals surface area contributed by atoms with Crippen LogP contribution in [0.4, 0.5) is 0 Å². The molecule has 1 atom stereocenters. The topological polar surface area (TPSA) is 24.5 Å². The molecular formula is C6H12N2OS2. The molecule has 0 aromatic rings. The zero-order chi connectivity index (χ0) is 8.27. The van der Waals surface area contributed by atoms with Crippen LogP contribution >= 0.6 is 24.8 Å². The number of thiocarbonyl (C=S) groups is 1. The van der Waals surface area contributed by atoms with Crippen molar-refractivity contribution < 1.29 is 4.84 Å². The predicted molar refractivity (Wildman–Crippen MR) is 51.7 cm³/mol. The lowest BCUT2D eigenvalue weighted by Gasteiger charge is -2.31.